The SMILES string of the molecule is Cc1ccnc(N(C)CC2CC(O)C2)c1C(N)=S. The van der Waals surface area contributed by atoms with E-state index in [2.05, 4.69) is 9.88 Å². The topological polar surface area (TPSA) is 62.4 Å². The molecular formula is C13H19N3OS. The first kappa shape index (κ1) is 13.2. The Morgan fingerprint density at radius 1 is 1.61 bits per heavy atom. The van der Waals surface area contributed by atoms with Crippen LogP contribution in [0.15, 0.2) is 12.3 Å². The fourth-order valence-electron chi connectivity index (χ4n) is 2.46. The molecule has 1 aromatic heterocycles. The molecular weight excluding hydrogens is 246 g/mol. The number of hydrogen-bond acceptors (Lipinski definition) is 4. The van der Waals surface area contributed by atoms with Gasteiger partial charge in [0.2, 0.25) is 0 Å². The van der Waals surface area contributed by atoms with Crippen LogP contribution in [0.25, 0.3) is 0 Å². The molecule has 2 rings (SSSR count). The molecule has 0 radical (unpaired) electrons. The van der Waals surface area contributed by atoms with Crippen molar-refractivity contribution in [1.82, 2.24) is 4.98 Å². The number of nitrogens with two attached hydrogens (primary N) is 1. The maximum Gasteiger partial charge on any atom is 0.138 e. The molecule has 1 heterocycles. The van der Waals surface area contributed by atoms with Crippen LogP contribution in [0.4, 0.5) is 5.82 Å². The standard InChI is InChI=1S/C13H19N3OS/c1-8-3-4-15-13(11(8)12(14)18)16(2)7-9-5-10(17)6-9/h3-4,9-10,17H,5-7H2,1-2H3,(H2,14,18). The van der Waals surface area contributed by atoms with Crippen LogP contribution in [-0.2, 0) is 0 Å². The molecule has 0 aliphatic heterocycles. The van der Waals surface area contributed by atoms with E-state index in [1.165, 1.54) is 0 Å². The van der Waals surface area contributed by atoms with E-state index in [1.54, 1.807) is 6.20 Å². The molecule has 1 aromatic rings. The summed E-state index contributed by atoms with van der Waals surface area (Å²) in [6.45, 7) is 2.86. The lowest BCUT2D eigenvalue weighted by Gasteiger charge is -2.35. The van der Waals surface area contributed by atoms with Crippen LogP contribution in [0.5, 0.6) is 0 Å². The second-order valence-corrected chi connectivity index (χ2v) is 5.50. The molecule has 18 heavy (non-hydrogen) atoms. The summed E-state index contributed by atoms with van der Waals surface area (Å²) in [5.74, 6) is 1.37. The second kappa shape index (κ2) is 5.20. The minimum atomic E-state index is -0.121. The highest BCUT2D eigenvalue weighted by Gasteiger charge is 2.28. The van der Waals surface area contributed by atoms with Crippen LogP contribution in [0.3, 0.4) is 0 Å². The van der Waals surface area contributed by atoms with Gasteiger partial charge in [0.1, 0.15) is 10.8 Å². The van der Waals surface area contributed by atoms with Gasteiger partial charge in [0.05, 0.1) is 11.7 Å². The third-order valence-electron chi connectivity index (χ3n) is 3.49. The normalized spacial score (nSPS) is 22.4. The average molecular weight is 265 g/mol. The van der Waals surface area contributed by atoms with Gasteiger partial charge in [-0.25, -0.2) is 4.98 Å². The molecule has 0 unspecified atom stereocenters. The smallest absolute Gasteiger partial charge is 0.138 e. The molecule has 3 N–H and O–H groups in total. The van der Waals surface area contributed by atoms with Gasteiger partial charge in [0.15, 0.2) is 0 Å². The van der Waals surface area contributed by atoms with Gasteiger partial charge in [-0.05, 0) is 37.3 Å². The molecule has 0 atom stereocenters. The molecule has 0 aromatic carbocycles. The number of hydrogen-bond donors (Lipinski definition) is 2. The van der Waals surface area contributed by atoms with E-state index in [4.69, 9.17) is 18.0 Å². The van der Waals surface area contributed by atoms with Crippen molar-refractivity contribution in [2.75, 3.05) is 18.5 Å². The lowest BCUT2D eigenvalue weighted by atomic mass is 9.82. The van der Waals surface area contributed by atoms with Crippen molar-refractivity contribution < 1.29 is 5.11 Å². The maximum atomic E-state index is 9.31. The zero-order valence-corrected chi connectivity index (χ0v) is 11.6. The number of thiocarbonyl (C=S) groups is 1. The first-order chi connectivity index (χ1) is 8.49. The molecule has 0 spiro atoms. The van der Waals surface area contributed by atoms with Gasteiger partial charge in [-0.1, -0.05) is 12.2 Å². The Labute approximate surface area is 113 Å². The highest BCUT2D eigenvalue weighted by Crippen LogP contribution is 2.29. The molecule has 0 amide bonds. The summed E-state index contributed by atoms with van der Waals surface area (Å²) in [5.41, 5.74) is 7.68. The predicted molar refractivity (Wildman–Crippen MR) is 76.9 cm³/mol. The van der Waals surface area contributed by atoms with Crippen molar-refractivity contribution in [3.05, 3.63) is 23.4 Å². The molecule has 1 aliphatic carbocycles. The fourth-order valence-corrected chi connectivity index (χ4v) is 2.71. The number of aryl methyl sites for hydroxylation is 1. The van der Waals surface area contributed by atoms with Crippen molar-refractivity contribution in [3.8, 4) is 0 Å². The van der Waals surface area contributed by atoms with Crippen molar-refractivity contribution >= 4 is 23.0 Å². The lowest BCUT2D eigenvalue weighted by Crippen LogP contribution is -2.38. The van der Waals surface area contributed by atoms with E-state index >= 15 is 0 Å². The molecule has 0 bridgehead atoms. The fraction of sp³-hybridized carbons (Fsp3) is 0.538. The Hall–Kier alpha value is -1.20. The van der Waals surface area contributed by atoms with E-state index in [0.717, 1.165) is 36.3 Å². The minimum Gasteiger partial charge on any atom is -0.393 e. The van der Waals surface area contributed by atoms with Crippen molar-refractivity contribution in [3.63, 3.8) is 0 Å². The van der Waals surface area contributed by atoms with Crippen molar-refractivity contribution in [2.24, 2.45) is 11.7 Å². The zero-order valence-electron chi connectivity index (χ0n) is 10.8. The largest absolute Gasteiger partial charge is 0.393 e. The first-order valence-electron chi connectivity index (χ1n) is 6.13. The van der Waals surface area contributed by atoms with E-state index in [9.17, 15) is 5.11 Å². The maximum absolute atomic E-state index is 9.31. The Morgan fingerprint density at radius 2 is 2.28 bits per heavy atom. The van der Waals surface area contributed by atoms with Gasteiger partial charge in [-0.3, -0.25) is 0 Å². The Morgan fingerprint density at radius 3 is 2.83 bits per heavy atom. The van der Waals surface area contributed by atoms with Crippen LogP contribution in [-0.4, -0.2) is 34.8 Å². The van der Waals surface area contributed by atoms with Gasteiger partial charge < -0.3 is 15.7 Å². The number of nitrogens with zero attached hydrogens (tertiary/aromatic N) is 2. The number of aliphatic hydroxyl groups is 1. The van der Waals surface area contributed by atoms with Gasteiger partial charge in [-0.15, -0.1) is 0 Å². The summed E-state index contributed by atoms with van der Waals surface area (Å²) in [7, 11) is 1.99. The summed E-state index contributed by atoms with van der Waals surface area (Å²) < 4.78 is 0. The van der Waals surface area contributed by atoms with Crippen molar-refractivity contribution in [1.29, 1.82) is 0 Å². The van der Waals surface area contributed by atoms with Crippen LogP contribution in [0.2, 0.25) is 0 Å². The third kappa shape index (κ3) is 2.62. The second-order valence-electron chi connectivity index (χ2n) is 5.06. The number of rotatable bonds is 4. The highest BCUT2D eigenvalue weighted by atomic mass is 32.1. The first-order valence-corrected chi connectivity index (χ1v) is 6.54. The van der Waals surface area contributed by atoms with Crippen LogP contribution < -0.4 is 10.6 Å². The summed E-state index contributed by atoms with van der Waals surface area (Å²) in [5, 5.41) is 9.31. The Bertz CT molecular complexity index is 458. The molecule has 5 heteroatoms. The van der Waals surface area contributed by atoms with Crippen LogP contribution in [0, 0.1) is 12.8 Å². The third-order valence-corrected chi connectivity index (χ3v) is 3.69. The number of anilines is 1. The number of pyridine rings is 1. The summed E-state index contributed by atoms with van der Waals surface area (Å²) in [6, 6.07) is 1.92. The van der Waals surface area contributed by atoms with Gasteiger partial charge in [-0.2, -0.15) is 0 Å². The molecule has 4 nitrogen and oxygen atoms in total. The average Bonchev–Trinajstić information content (AvgIpc) is 2.26. The Kier molecular flexibility index (Phi) is 3.82. The zero-order chi connectivity index (χ0) is 13.3. The number of aliphatic hydroxyl groups excluding tert-OH is 1. The van der Waals surface area contributed by atoms with Crippen LogP contribution in [0.1, 0.15) is 24.0 Å². The van der Waals surface area contributed by atoms with E-state index in [1.807, 2.05) is 20.0 Å². The summed E-state index contributed by atoms with van der Waals surface area (Å²) >= 11 is 5.10. The molecule has 98 valence electrons. The van der Waals surface area contributed by atoms with Gasteiger partial charge in [0, 0.05) is 19.8 Å². The van der Waals surface area contributed by atoms with E-state index in [-0.39, 0.29) is 6.10 Å². The Balaban J connectivity index is 2.16. The van der Waals surface area contributed by atoms with Crippen molar-refractivity contribution in [2.45, 2.75) is 25.9 Å². The predicted octanol–water partition coefficient (Wildman–Crippen LogP) is 1.23. The number of aromatic nitrogens is 1. The monoisotopic (exact) mass is 265 g/mol. The van der Waals surface area contributed by atoms with Gasteiger partial charge >= 0.3 is 0 Å². The molecule has 1 aliphatic rings. The van der Waals surface area contributed by atoms with Crippen LogP contribution >= 0.6 is 12.2 Å². The lowest BCUT2D eigenvalue weighted by molar-refractivity contribution is 0.0464. The quantitative estimate of drug-likeness (QED) is 0.802. The molecule has 1 saturated carbocycles. The van der Waals surface area contributed by atoms with E-state index < -0.39 is 0 Å². The minimum absolute atomic E-state index is 0.121. The molecule has 1 fully saturated rings. The summed E-state index contributed by atoms with van der Waals surface area (Å²) in [6.07, 6.45) is 3.40. The van der Waals surface area contributed by atoms with Gasteiger partial charge in [0.25, 0.3) is 0 Å². The molecule has 0 saturated heterocycles. The van der Waals surface area contributed by atoms with E-state index in [0.29, 0.717) is 10.9 Å². The summed E-state index contributed by atoms with van der Waals surface area (Å²) in [4.78, 5) is 6.85. The highest BCUT2D eigenvalue weighted by molar-refractivity contribution is 7.80.